The van der Waals surface area contributed by atoms with E-state index in [0.29, 0.717) is 22.8 Å². The van der Waals surface area contributed by atoms with Gasteiger partial charge in [0, 0.05) is 10.9 Å². The molecule has 4 aromatic rings. The Hall–Kier alpha value is -2.54. The molecule has 1 aromatic carbocycles. The number of aromatic amines is 1. The second-order valence-electron chi connectivity index (χ2n) is 5.85. The number of hydrogen-bond donors (Lipinski definition) is 1. The van der Waals surface area contributed by atoms with E-state index in [9.17, 15) is 8.78 Å². The Bertz CT molecular complexity index is 1100. The van der Waals surface area contributed by atoms with Crippen molar-refractivity contribution < 1.29 is 8.78 Å². The third-order valence-corrected chi connectivity index (χ3v) is 4.54. The number of halogens is 3. The van der Waals surface area contributed by atoms with Crippen LogP contribution in [0.15, 0.2) is 24.4 Å². The monoisotopic (exact) mass is 361 g/mol. The van der Waals surface area contributed by atoms with Crippen LogP contribution >= 0.6 is 11.6 Å². The van der Waals surface area contributed by atoms with Gasteiger partial charge in [-0.25, -0.2) is 18.3 Å². The quantitative estimate of drug-likeness (QED) is 0.573. The van der Waals surface area contributed by atoms with E-state index in [2.05, 4.69) is 20.3 Å². The van der Waals surface area contributed by atoms with Gasteiger partial charge in [-0.2, -0.15) is 5.10 Å². The molecule has 5 nitrogen and oxygen atoms in total. The molecule has 0 saturated heterocycles. The van der Waals surface area contributed by atoms with Crippen molar-refractivity contribution in [3.05, 3.63) is 46.4 Å². The van der Waals surface area contributed by atoms with Crippen molar-refractivity contribution in [2.75, 3.05) is 0 Å². The van der Waals surface area contributed by atoms with Gasteiger partial charge in [0.2, 0.25) is 5.82 Å². The number of H-pyrrole nitrogens is 1. The molecule has 0 unspecified atom stereocenters. The first-order valence-corrected chi connectivity index (χ1v) is 8.17. The number of nitrogens with zero attached hydrogens (tertiary/aromatic N) is 4. The van der Waals surface area contributed by atoms with Crippen LogP contribution in [0, 0.1) is 6.92 Å². The second-order valence-corrected chi connectivity index (χ2v) is 6.26. The van der Waals surface area contributed by atoms with E-state index < -0.39 is 12.2 Å². The number of pyridine rings is 1. The van der Waals surface area contributed by atoms with E-state index in [1.807, 2.05) is 26.0 Å². The van der Waals surface area contributed by atoms with E-state index in [0.717, 1.165) is 27.6 Å². The molecule has 0 radical (unpaired) electrons. The standard InChI is InChI=1S/C17H14ClF2N5/c1-3-9-4-8(2)14(25-17(9)22-16(24-25)15(19)20)10-5-11-7-21-23-13(11)12(18)6-10/h4-7,15H,3H2,1-2H3,(H,21,23). The first-order chi connectivity index (χ1) is 12.0. The Balaban J connectivity index is 2.07. The lowest BCUT2D eigenvalue weighted by molar-refractivity contribution is 0.140. The molecule has 0 aliphatic heterocycles. The molecule has 3 heterocycles. The molecule has 0 atom stereocenters. The third kappa shape index (κ3) is 2.46. The van der Waals surface area contributed by atoms with Crippen molar-refractivity contribution >= 4 is 28.2 Å². The summed E-state index contributed by atoms with van der Waals surface area (Å²) in [6, 6.07) is 5.64. The van der Waals surface area contributed by atoms with Gasteiger partial charge < -0.3 is 0 Å². The van der Waals surface area contributed by atoms with Gasteiger partial charge in [0.1, 0.15) is 0 Å². The molecule has 0 spiro atoms. The summed E-state index contributed by atoms with van der Waals surface area (Å²) in [5.41, 5.74) is 4.43. The molecule has 0 aliphatic rings. The van der Waals surface area contributed by atoms with Crippen LogP contribution < -0.4 is 0 Å². The van der Waals surface area contributed by atoms with E-state index in [1.165, 1.54) is 4.52 Å². The number of alkyl halides is 2. The molecule has 3 aromatic heterocycles. The van der Waals surface area contributed by atoms with Crippen LogP contribution in [-0.2, 0) is 6.42 Å². The lowest BCUT2D eigenvalue weighted by atomic mass is 10.0. The fourth-order valence-electron chi connectivity index (χ4n) is 3.11. The highest BCUT2D eigenvalue weighted by atomic mass is 35.5. The molecule has 1 N–H and O–H groups in total. The molecule has 0 amide bonds. The molecule has 8 heteroatoms. The maximum absolute atomic E-state index is 13.1. The van der Waals surface area contributed by atoms with Crippen LogP contribution in [0.4, 0.5) is 8.78 Å². The van der Waals surface area contributed by atoms with Gasteiger partial charge >= 0.3 is 0 Å². The molecule has 4 rings (SSSR count). The van der Waals surface area contributed by atoms with Gasteiger partial charge in [-0.15, -0.1) is 5.10 Å². The Labute approximate surface area is 146 Å². The lowest BCUT2D eigenvalue weighted by Gasteiger charge is -2.12. The van der Waals surface area contributed by atoms with Crippen molar-refractivity contribution in [3.63, 3.8) is 0 Å². The molecule has 128 valence electrons. The van der Waals surface area contributed by atoms with Gasteiger partial charge in [0.15, 0.2) is 5.65 Å². The topological polar surface area (TPSA) is 58.9 Å². The zero-order valence-electron chi connectivity index (χ0n) is 13.5. The fraction of sp³-hybridized carbons (Fsp3) is 0.235. The maximum atomic E-state index is 13.1. The Morgan fingerprint density at radius 1 is 1.28 bits per heavy atom. The zero-order chi connectivity index (χ0) is 17.7. The summed E-state index contributed by atoms with van der Waals surface area (Å²) in [4.78, 5) is 4.04. The third-order valence-electron chi connectivity index (χ3n) is 4.24. The van der Waals surface area contributed by atoms with Crippen LogP contribution in [0.25, 0.3) is 27.8 Å². The minimum Gasteiger partial charge on any atom is -0.276 e. The second kappa shape index (κ2) is 5.77. The number of rotatable bonds is 3. The molecular weight excluding hydrogens is 348 g/mol. The summed E-state index contributed by atoms with van der Waals surface area (Å²) in [6.07, 6.45) is -0.380. The number of aryl methyl sites for hydroxylation is 2. The summed E-state index contributed by atoms with van der Waals surface area (Å²) in [6.45, 7) is 3.88. The van der Waals surface area contributed by atoms with Crippen molar-refractivity contribution in [1.82, 2.24) is 24.8 Å². The van der Waals surface area contributed by atoms with Crippen molar-refractivity contribution in [2.24, 2.45) is 0 Å². The minimum atomic E-state index is -2.72. The largest absolute Gasteiger partial charge is 0.299 e. The van der Waals surface area contributed by atoms with E-state index in [-0.39, 0.29) is 0 Å². The first kappa shape index (κ1) is 16.0. The Kier molecular flexibility index (Phi) is 3.68. The normalized spacial score (nSPS) is 11.9. The highest BCUT2D eigenvalue weighted by Crippen LogP contribution is 2.33. The molecule has 0 aliphatic carbocycles. The minimum absolute atomic E-state index is 0.446. The number of benzene rings is 1. The van der Waals surface area contributed by atoms with Gasteiger partial charge in [-0.05, 0) is 36.6 Å². The van der Waals surface area contributed by atoms with E-state index >= 15 is 0 Å². The number of hydrogen-bond acceptors (Lipinski definition) is 3. The zero-order valence-corrected chi connectivity index (χ0v) is 14.3. The number of fused-ring (bicyclic) bond motifs is 2. The highest BCUT2D eigenvalue weighted by molar-refractivity contribution is 6.35. The van der Waals surface area contributed by atoms with Crippen LogP contribution in [0.5, 0.6) is 0 Å². The average molecular weight is 362 g/mol. The van der Waals surface area contributed by atoms with Crippen molar-refractivity contribution in [3.8, 4) is 11.3 Å². The SMILES string of the molecule is CCc1cc(C)c(-c2cc(Cl)c3[nH]ncc3c2)n2nc(C(F)F)nc12. The Morgan fingerprint density at radius 2 is 2.08 bits per heavy atom. The smallest absolute Gasteiger partial charge is 0.276 e. The summed E-state index contributed by atoms with van der Waals surface area (Å²) < 4.78 is 27.8. The predicted molar refractivity (Wildman–Crippen MR) is 92.2 cm³/mol. The molecule has 0 fully saturated rings. The van der Waals surface area contributed by atoms with E-state index in [1.54, 1.807) is 12.3 Å². The van der Waals surface area contributed by atoms with E-state index in [4.69, 9.17) is 11.6 Å². The fourth-order valence-corrected chi connectivity index (χ4v) is 3.38. The number of aromatic nitrogens is 5. The van der Waals surface area contributed by atoms with Crippen LogP contribution in [0.1, 0.15) is 30.3 Å². The number of nitrogens with one attached hydrogen (secondary N) is 1. The highest BCUT2D eigenvalue weighted by Gasteiger charge is 2.20. The Morgan fingerprint density at radius 3 is 2.80 bits per heavy atom. The van der Waals surface area contributed by atoms with Crippen molar-refractivity contribution in [1.29, 1.82) is 0 Å². The molecule has 0 bridgehead atoms. The van der Waals surface area contributed by atoms with Crippen LogP contribution in [0.3, 0.4) is 0 Å². The van der Waals surface area contributed by atoms with Gasteiger partial charge in [0.25, 0.3) is 6.43 Å². The van der Waals surface area contributed by atoms with Gasteiger partial charge in [0.05, 0.1) is 22.4 Å². The summed E-state index contributed by atoms with van der Waals surface area (Å²) in [5, 5.41) is 12.2. The summed E-state index contributed by atoms with van der Waals surface area (Å²) in [5.74, 6) is -0.475. The van der Waals surface area contributed by atoms with Gasteiger partial charge in [-0.1, -0.05) is 24.6 Å². The molecule has 25 heavy (non-hydrogen) atoms. The van der Waals surface area contributed by atoms with Crippen molar-refractivity contribution in [2.45, 2.75) is 26.7 Å². The van der Waals surface area contributed by atoms with Crippen LogP contribution in [0.2, 0.25) is 5.02 Å². The average Bonchev–Trinajstić information content (AvgIpc) is 3.20. The first-order valence-electron chi connectivity index (χ1n) is 7.80. The lowest BCUT2D eigenvalue weighted by Crippen LogP contribution is -2.01. The predicted octanol–water partition coefficient (Wildman–Crippen LogP) is 4.73. The maximum Gasteiger partial charge on any atom is 0.299 e. The molecular formula is C17H14ClF2N5. The summed E-state index contributed by atoms with van der Waals surface area (Å²) in [7, 11) is 0. The molecule has 0 saturated carbocycles. The van der Waals surface area contributed by atoms with Crippen LogP contribution in [-0.4, -0.2) is 24.8 Å². The van der Waals surface area contributed by atoms with Gasteiger partial charge in [-0.3, -0.25) is 5.10 Å². The summed E-state index contributed by atoms with van der Waals surface area (Å²) >= 11 is 6.33.